The molecular weight excluding hydrogens is 368 g/mol. The van der Waals surface area contributed by atoms with Crippen LogP contribution in [-0.4, -0.2) is 30.0 Å². The van der Waals surface area contributed by atoms with Gasteiger partial charge in [-0.2, -0.15) is 0 Å². The van der Waals surface area contributed by atoms with E-state index < -0.39 is 5.97 Å². The van der Waals surface area contributed by atoms with Gasteiger partial charge in [0.25, 0.3) is 5.91 Å². The first-order valence-corrected chi connectivity index (χ1v) is 9.58. The molecule has 1 heterocycles. The van der Waals surface area contributed by atoms with Crippen molar-refractivity contribution < 1.29 is 18.7 Å². The molecule has 3 rings (SSSR count). The van der Waals surface area contributed by atoms with Crippen molar-refractivity contribution in [1.29, 1.82) is 0 Å². The minimum absolute atomic E-state index is 0.102. The summed E-state index contributed by atoms with van der Waals surface area (Å²) in [5, 5.41) is 2.74. The van der Waals surface area contributed by atoms with E-state index in [0.29, 0.717) is 24.6 Å². The van der Waals surface area contributed by atoms with E-state index >= 15 is 0 Å². The van der Waals surface area contributed by atoms with Crippen LogP contribution in [0.5, 0.6) is 0 Å². The van der Waals surface area contributed by atoms with Crippen LogP contribution in [0.1, 0.15) is 23.4 Å². The molecule has 0 atom stereocenters. The quantitative estimate of drug-likeness (QED) is 0.564. The lowest BCUT2D eigenvalue weighted by Crippen LogP contribution is -2.30. The number of benzene rings is 2. The van der Waals surface area contributed by atoms with E-state index in [1.807, 2.05) is 61.5 Å². The highest BCUT2D eigenvalue weighted by Crippen LogP contribution is 2.21. The minimum Gasteiger partial charge on any atom is -0.456 e. The van der Waals surface area contributed by atoms with Crippen LogP contribution in [0, 0.1) is 6.92 Å². The van der Waals surface area contributed by atoms with Crippen LogP contribution in [0.15, 0.2) is 65.2 Å². The Balaban J connectivity index is 1.34. The van der Waals surface area contributed by atoms with E-state index in [9.17, 15) is 9.59 Å². The van der Waals surface area contributed by atoms with Crippen LogP contribution < -0.4 is 5.32 Å². The van der Waals surface area contributed by atoms with Gasteiger partial charge < -0.3 is 14.5 Å². The van der Waals surface area contributed by atoms with Gasteiger partial charge in [0.15, 0.2) is 18.3 Å². The smallest absolute Gasteiger partial charge is 0.306 e. The Morgan fingerprint density at radius 3 is 2.55 bits per heavy atom. The zero-order valence-electron chi connectivity index (χ0n) is 16.4. The van der Waals surface area contributed by atoms with Gasteiger partial charge in [-0.05, 0) is 18.9 Å². The predicted molar refractivity (Wildman–Crippen MR) is 109 cm³/mol. The molecule has 6 heteroatoms. The molecule has 0 saturated heterocycles. The zero-order chi connectivity index (χ0) is 20.5. The van der Waals surface area contributed by atoms with Gasteiger partial charge in [0.1, 0.15) is 0 Å². The first-order chi connectivity index (χ1) is 14.1. The SMILES string of the molecule is Cc1ccc(-c2cnc(CCC(=O)OCC(=O)NCCc3ccccc3)o2)cc1. The summed E-state index contributed by atoms with van der Waals surface area (Å²) in [5.74, 6) is 0.348. The molecular formula is C23H24N2O4. The Hall–Kier alpha value is -3.41. The number of aromatic nitrogens is 1. The first kappa shape index (κ1) is 20.3. The summed E-state index contributed by atoms with van der Waals surface area (Å²) in [5.41, 5.74) is 3.24. The number of hydrogen-bond donors (Lipinski definition) is 1. The fourth-order valence-electron chi connectivity index (χ4n) is 2.75. The normalized spacial score (nSPS) is 10.5. The molecule has 0 aliphatic rings. The van der Waals surface area contributed by atoms with Crippen molar-refractivity contribution >= 4 is 11.9 Å². The Kier molecular flexibility index (Phi) is 7.16. The number of amides is 1. The maximum absolute atomic E-state index is 11.9. The Labute approximate surface area is 169 Å². The Morgan fingerprint density at radius 1 is 1.03 bits per heavy atom. The highest BCUT2D eigenvalue weighted by Gasteiger charge is 2.11. The van der Waals surface area contributed by atoms with Crippen LogP contribution in [0.3, 0.4) is 0 Å². The molecule has 0 aliphatic carbocycles. The van der Waals surface area contributed by atoms with E-state index in [0.717, 1.165) is 17.5 Å². The second kappa shape index (κ2) is 10.2. The Morgan fingerprint density at radius 2 is 1.79 bits per heavy atom. The molecule has 3 aromatic rings. The average molecular weight is 392 g/mol. The summed E-state index contributed by atoms with van der Waals surface area (Å²) in [6.07, 6.45) is 2.80. The number of hydrogen-bond acceptors (Lipinski definition) is 5. The number of ether oxygens (including phenoxy) is 1. The van der Waals surface area contributed by atoms with Crippen molar-refractivity contribution in [1.82, 2.24) is 10.3 Å². The maximum Gasteiger partial charge on any atom is 0.306 e. The van der Waals surface area contributed by atoms with Crippen molar-refractivity contribution in [3.8, 4) is 11.3 Å². The van der Waals surface area contributed by atoms with Crippen molar-refractivity contribution in [3.05, 3.63) is 77.8 Å². The third kappa shape index (κ3) is 6.60. The number of nitrogens with zero attached hydrogens (tertiary/aromatic N) is 1. The van der Waals surface area contributed by atoms with Gasteiger partial charge in [0.2, 0.25) is 0 Å². The third-order valence-electron chi connectivity index (χ3n) is 4.38. The standard InChI is InChI=1S/C23H24N2O4/c1-17-7-9-19(10-8-17)20-15-25-22(29-20)11-12-23(27)28-16-21(26)24-14-13-18-5-3-2-4-6-18/h2-10,15H,11-14,16H2,1H3,(H,24,26). The van der Waals surface area contributed by atoms with Gasteiger partial charge >= 0.3 is 5.97 Å². The van der Waals surface area contributed by atoms with Crippen LogP contribution in [0.25, 0.3) is 11.3 Å². The van der Waals surface area contributed by atoms with E-state index in [-0.39, 0.29) is 18.9 Å². The van der Waals surface area contributed by atoms with E-state index in [4.69, 9.17) is 9.15 Å². The fraction of sp³-hybridized carbons (Fsp3) is 0.261. The molecule has 2 aromatic carbocycles. The van der Waals surface area contributed by atoms with Gasteiger partial charge in [0, 0.05) is 18.5 Å². The summed E-state index contributed by atoms with van der Waals surface area (Å²) >= 11 is 0. The number of carbonyl (C=O) groups is 2. The topological polar surface area (TPSA) is 81.4 Å². The molecule has 0 saturated carbocycles. The number of esters is 1. The Bertz CT molecular complexity index is 933. The molecule has 1 aromatic heterocycles. The number of oxazole rings is 1. The third-order valence-corrected chi connectivity index (χ3v) is 4.38. The summed E-state index contributed by atoms with van der Waals surface area (Å²) < 4.78 is 10.7. The number of nitrogens with one attached hydrogen (secondary N) is 1. The van der Waals surface area contributed by atoms with Crippen molar-refractivity contribution in [2.75, 3.05) is 13.2 Å². The van der Waals surface area contributed by atoms with Crippen LogP contribution in [0.2, 0.25) is 0 Å². The highest BCUT2D eigenvalue weighted by atomic mass is 16.5. The molecule has 0 fully saturated rings. The van der Waals surface area contributed by atoms with Gasteiger partial charge in [-0.25, -0.2) is 4.98 Å². The van der Waals surface area contributed by atoms with Gasteiger partial charge in [-0.15, -0.1) is 0 Å². The second-order valence-electron chi connectivity index (χ2n) is 6.73. The van der Waals surface area contributed by atoms with Crippen LogP contribution in [0.4, 0.5) is 0 Å². The molecule has 0 spiro atoms. The molecule has 0 bridgehead atoms. The number of aryl methyl sites for hydroxylation is 2. The highest BCUT2D eigenvalue weighted by molar-refractivity contribution is 5.80. The van der Waals surface area contributed by atoms with E-state index in [1.165, 1.54) is 5.56 Å². The van der Waals surface area contributed by atoms with Crippen molar-refractivity contribution in [3.63, 3.8) is 0 Å². The first-order valence-electron chi connectivity index (χ1n) is 9.58. The molecule has 0 unspecified atom stereocenters. The maximum atomic E-state index is 11.9. The second-order valence-corrected chi connectivity index (χ2v) is 6.73. The van der Waals surface area contributed by atoms with Gasteiger partial charge in [0.05, 0.1) is 12.6 Å². The molecule has 150 valence electrons. The van der Waals surface area contributed by atoms with Crippen LogP contribution in [-0.2, 0) is 27.2 Å². The van der Waals surface area contributed by atoms with Crippen LogP contribution >= 0.6 is 0 Å². The molecule has 29 heavy (non-hydrogen) atoms. The van der Waals surface area contributed by atoms with Gasteiger partial charge in [-0.3, -0.25) is 9.59 Å². The number of carbonyl (C=O) groups excluding carboxylic acids is 2. The monoisotopic (exact) mass is 392 g/mol. The van der Waals surface area contributed by atoms with E-state index in [1.54, 1.807) is 6.20 Å². The van der Waals surface area contributed by atoms with Crippen molar-refractivity contribution in [2.24, 2.45) is 0 Å². The molecule has 6 nitrogen and oxygen atoms in total. The molecule has 1 N–H and O–H groups in total. The zero-order valence-corrected chi connectivity index (χ0v) is 16.4. The lowest BCUT2D eigenvalue weighted by atomic mass is 10.1. The summed E-state index contributed by atoms with van der Waals surface area (Å²) in [7, 11) is 0. The van der Waals surface area contributed by atoms with E-state index in [2.05, 4.69) is 10.3 Å². The minimum atomic E-state index is -0.460. The number of rotatable bonds is 9. The van der Waals surface area contributed by atoms with Crippen molar-refractivity contribution in [2.45, 2.75) is 26.2 Å². The average Bonchev–Trinajstić information content (AvgIpc) is 3.21. The summed E-state index contributed by atoms with van der Waals surface area (Å²) in [4.78, 5) is 27.8. The molecule has 1 amide bonds. The lowest BCUT2D eigenvalue weighted by molar-refractivity contribution is -0.148. The fourth-order valence-corrected chi connectivity index (χ4v) is 2.75. The van der Waals surface area contributed by atoms with Gasteiger partial charge in [-0.1, -0.05) is 60.2 Å². The molecule has 0 radical (unpaired) electrons. The summed E-state index contributed by atoms with van der Waals surface area (Å²) in [6, 6.07) is 17.8. The lowest BCUT2D eigenvalue weighted by Gasteiger charge is -2.06. The predicted octanol–water partition coefficient (Wildman–Crippen LogP) is 3.48. The molecule has 0 aliphatic heterocycles. The largest absolute Gasteiger partial charge is 0.456 e. The summed E-state index contributed by atoms with van der Waals surface area (Å²) in [6.45, 7) is 2.23.